The van der Waals surface area contributed by atoms with E-state index in [-0.39, 0.29) is 18.9 Å². The van der Waals surface area contributed by atoms with Gasteiger partial charge in [-0.25, -0.2) is 8.42 Å². The monoisotopic (exact) mass is 367 g/mol. The first-order chi connectivity index (χ1) is 11.4. The fourth-order valence-corrected chi connectivity index (χ4v) is 3.30. The lowest BCUT2D eigenvalue weighted by Gasteiger charge is -2.22. The summed E-state index contributed by atoms with van der Waals surface area (Å²) in [5.41, 5.74) is 1.09. The van der Waals surface area contributed by atoms with E-state index in [9.17, 15) is 13.2 Å². The van der Waals surface area contributed by atoms with Gasteiger partial charge in [-0.3, -0.25) is 14.1 Å². The van der Waals surface area contributed by atoms with Gasteiger partial charge in [0.1, 0.15) is 0 Å². The molecule has 0 spiro atoms. The van der Waals surface area contributed by atoms with Crippen LogP contribution in [0.3, 0.4) is 0 Å². The molecule has 2 aromatic rings. The van der Waals surface area contributed by atoms with Crippen molar-refractivity contribution in [2.75, 3.05) is 22.4 Å². The third-order valence-electron chi connectivity index (χ3n) is 3.21. The highest BCUT2D eigenvalue weighted by atomic mass is 35.5. The van der Waals surface area contributed by atoms with Crippen LogP contribution in [0, 0.1) is 0 Å². The third-order valence-corrected chi connectivity index (χ3v) is 4.64. The summed E-state index contributed by atoms with van der Waals surface area (Å²) in [7, 11) is -3.46. The average molecular weight is 368 g/mol. The standard InChI is InChI=1S/C16H18ClN3O3S/c1-24(22,23)20(15-7-2-5-13(17)11-15)10-4-8-16(21)19-14-6-3-9-18-12-14/h2-3,5-7,9,11-12H,4,8,10H2,1H3,(H,19,21). The van der Waals surface area contributed by atoms with Gasteiger partial charge in [-0.05, 0) is 36.8 Å². The number of amides is 1. The third kappa shape index (κ3) is 5.50. The molecular weight excluding hydrogens is 350 g/mol. The summed E-state index contributed by atoms with van der Waals surface area (Å²) < 4.78 is 25.2. The molecule has 24 heavy (non-hydrogen) atoms. The van der Waals surface area contributed by atoms with Gasteiger partial charge >= 0.3 is 0 Å². The molecule has 128 valence electrons. The lowest BCUT2D eigenvalue weighted by molar-refractivity contribution is -0.116. The highest BCUT2D eigenvalue weighted by Crippen LogP contribution is 2.22. The van der Waals surface area contributed by atoms with Crippen molar-refractivity contribution in [2.45, 2.75) is 12.8 Å². The zero-order valence-corrected chi connectivity index (χ0v) is 14.7. The van der Waals surface area contributed by atoms with Crippen LogP contribution < -0.4 is 9.62 Å². The summed E-state index contributed by atoms with van der Waals surface area (Å²) in [5, 5.41) is 3.17. The number of halogens is 1. The maximum absolute atomic E-state index is 12.0. The van der Waals surface area contributed by atoms with Gasteiger partial charge < -0.3 is 5.32 Å². The quantitative estimate of drug-likeness (QED) is 0.816. The van der Waals surface area contributed by atoms with Crippen LogP contribution in [0.5, 0.6) is 0 Å². The lowest BCUT2D eigenvalue weighted by Crippen LogP contribution is -2.31. The van der Waals surface area contributed by atoms with Gasteiger partial charge in [0.05, 0.1) is 23.8 Å². The summed E-state index contributed by atoms with van der Waals surface area (Å²) in [6, 6.07) is 10.1. The number of carbonyl (C=O) groups excluding carboxylic acids is 1. The predicted octanol–water partition coefficient (Wildman–Crippen LogP) is 2.92. The summed E-state index contributed by atoms with van der Waals surface area (Å²) in [4.78, 5) is 15.8. The summed E-state index contributed by atoms with van der Waals surface area (Å²) >= 11 is 5.92. The van der Waals surface area contributed by atoms with Gasteiger partial charge in [0.15, 0.2) is 0 Å². The molecule has 0 aliphatic heterocycles. The Hall–Kier alpha value is -2.12. The average Bonchev–Trinajstić information content (AvgIpc) is 2.51. The van der Waals surface area contributed by atoms with E-state index in [2.05, 4.69) is 10.3 Å². The molecule has 0 bridgehead atoms. The second-order valence-corrected chi connectivity index (χ2v) is 7.55. The second kappa shape index (κ2) is 8.12. The minimum atomic E-state index is -3.46. The van der Waals surface area contributed by atoms with Crippen LogP contribution in [0.15, 0.2) is 48.8 Å². The number of pyridine rings is 1. The molecule has 1 aromatic heterocycles. The Kier molecular flexibility index (Phi) is 6.16. The number of rotatable bonds is 7. The van der Waals surface area contributed by atoms with Gasteiger partial charge in [-0.15, -0.1) is 0 Å². The van der Waals surface area contributed by atoms with Crippen LogP contribution in [0.1, 0.15) is 12.8 Å². The van der Waals surface area contributed by atoms with Gasteiger partial charge in [0.25, 0.3) is 0 Å². The number of aromatic nitrogens is 1. The van der Waals surface area contributed by atoms with Crippen molar-refractivity contribution in [1.29, 1.82) is 0 Å². The van der Waals surface area contributed by atoms with Crippen LogP contribution in [-0.2, 0) is 14.8 Å². The highest BCUT2D eigenvalue weighted by molar-refractivity contribution is 7.92. The Balaban J connectivity index is 1.95. The fraction of sp³-hybridized carbons (Fsp3) is 0.250. The number of hydrogen-bond donors (Lipinski definition) is 1. The molecule has 0 aliphatic rings. The molecule has 0 saturated carbocycles. The normalized spacial score (nSPS) is 11.1. The van der Waals surface area contributed by atoms with Crippen LogP contribution in [0.2, 0.25) is 5.02 Å². The van der Waals surface area contributed by atoms with Gasteiger partial charge in [-0.2, -0.15) is 0 Å². The van der Waals surface area contributed by atoms with Crippen molar-refractivity contribution >= 4 is 38.9 Å². The molecule has 0 aliphatic carbocycles. The second-order valence-electron chi connectivity index (χ2n) is 5.21. The number of benzene rings is 1. The first-order valence-electron chi connectivity index (χ1n) is 7.29. The van der Waals surface area contributed by atoms with Crippen molar-refractivity contribution in [2.24, 2.45) is 0 Å². The van der Waals surface area contributed by atoms with Crippen molar-refractivity contribution < 1.29 is 13.2 Å². The molecule has 1 N–H and O–H groups in total. The smallest absolute Gasteiger partial charge is 0.232 e. The van der Waals surface area contributed by atoms with Gasteiger partial charge in [-0.1, -0.05) is 17.7 Å². The van der Waals surface area contributed by atoms with Gasteiger partial charge in [0.2, 0.25) is 15.9 Å². The molecule has 2 rings (SSSR count). The molecule has 0 unspecified atom stereocenters. The Morgan fingerprint density at radius 3 is 2.71 bits per heavy atom. The number of hydrogen-bond acceptors (Lipinski definition) is 4. The molecule has 1 amide bonds. The molecule has 1 heterocycles. The van der Waals surface area contributed by atoms with Crippen LogP contribution in [0.4, 0.5) is 11.4 Å². The molecular formula is C16H18ClN3O3S. The SMILES string of the molecule is CS(=O)(=O)N(CCCC(=O)Nc1cccnc1)c1cccc(Cl)c1. The molecule has 0 radical (unpaired) electrons. The highest BCUT2D eigenvalue weighted by Gasteiger charge is 2.17. The van der Waals surface area contributed by atoms with Crippen LogP contribution in [-0.4, -0.2) is 32.1 Å². The number of anilines is 2. The van der Waals surface area contributed by atoms with Crippen LogP contribution >= 0.6 is 11.6 Å². The van der Waals surface area contributed by atoms with E-state index in [0.29, 0.717) is 22.8 Å². The Morgan fingerprint density at radius 2 is 2.08 bits per heavy atom. The number of sulfonamides is 1. The largest absolute Gasteiger partial charge is 0.325 e. The lowest BCUT2D eigenvalue weighted by atomic mass is 10.2. The summed E-state index contributed by atoms with van der Waals surface area (Å²) in [5.74, 6) is -0.192. The van der Waals surface area contributed by atoms with E-state index in [1.807, 2.05) is 0 Å². The van der Waals surface area contributed by atoms with Crippen molar-refractivity contribution in [3.63, 3.8) is 0 Å². The Labute approximate surface area is 146 Å². The van der Waals surface area contributed by atoms with Crippen molar-refractivity contribution in [1.82, 2.24) is 4.98 Å². The maximum Gasteiger partial charge on any atom is 0.232 e. The van der Waals surface area contributed by atoms with E-state index >= 15 is 0 Å². The first-order valence-corrected chi connectivity index (χ1v) is 9.52. The minimum absolute atomic E-state index is 0.192. The Morgan fingerprint density at radius 1 is 1.29 bits per heavy atom. The zero-order chi connectivity index (χ0) is 17.6. The van der Waals surface area contributed by atoms with E-state index in [1.165, 1.54) is 4.31 Å². The van der Waals surface area contributed by atoms with Crippen LogP contribution in [0.25, 0.3) is 0 Å². The Bertz CT molecular complexity index is 797. The summed E-state index contributed by atoms with van der Waals surface area (Å²) in [6.45, 7) is 0.194. The number of nitrogens with one attached hydrogen (secondary N) is 1. The molecule has 0 fully saturated rings. The molecule has 0 saturated heterocycles. The van der Waals surface area contributed by atoms with E-state index in [4.69, 9.17) is 11.6 Å². The van der Waals surface area contributed by atoms with E-state index < -0.39 is 10.0 Å². The molecule has 0 atom stereocenters. The topological polar surface area (TPSA) is 79.4 Å². The first kappa shape index (κ1) is 18.2. The molecule has 1 aromatic carbocycles. The molecule has 6 nitrogen and oxygen atoms in total. The van der Waals surface area contributed by atoms with E-state index in [0.717, 1.165) is 6.26 Å². The number of nitrogens with zero attached hydrogens (tertiary/aromatic N) is 2. The zero-order valence-electron chi connectivity index (χ0n) is 13.1. The maximum atomic E-state index is 12.0. The summed E-state index contributed by atoms with van der Waals surface area (Å²) in [6.07, 6.45) is 4.87. The minimum Gasteiger partial charge on any atom is -0.325 e. The number of carbonyl (C=O) groups is 1. The van der Waals surface area contributed by atoms with Crippen molar-refractivity contribution in [3.05, 3.63) is 53.8 Å². The van der Waals surface area contributed by atoms with Gasteiger partial charge in [0, 0.05) is 24.2 Å². The molecule has 8 heteroatoms. The van der Waals surface area contributed by atoms with Crippen molar-refractivity contribution in [3.8, 4) is 0 Å². The predicted molar refractivity (Wildman–Crippen MR) is 95.7 cm³/mol. The van der Waals surface area contributed by atoms with E-state index in [1.54, 1.807) is 48.8 Å². The fourth-order valence-electron chi connectivity index (χ4n) is 2.16.